The van der Waals surface area contributed by atoms with Crippen molar-refractivity contribution in [1.82, 2.24) is 4.90 Å². The van der Waals surface area contributed by atoms with E-state index in [1.54, 1.807) is 0 Å². The standard InChI is InChI=1S/C15H25NO/c1-11(12-5-3-2-4-6-12)16-13-7-8-14(16)10-15(17)9-13/h11-14H,2-10H2,1H3. The molecule has 1 saturated carbocycles. The van der Waals surface area contributed by atoms with Crippen LogP contribution in [0.4, 0.5) is 0 Å². The summed E-state index contributed by atoms with van der Waals surface area (Å²) in [6.45, 7) is 2.43. The molecule has 17 heavy (non-hydrogen) atoms. The maximum absolute atomic E-state index is 11.6. The fraction of sp³-hybridized carbons (Fsp3) is 0.933. The average Bonchev–Trinajstić information content (AvgIpc) is 2.62. The predicted molar refractivity (Wildman–Crippen MR) is 68.9 cm³/mol. The first-order chi connectivity index (χ1) is 8.25. The fourth-order valence-electron chi connectivity index (χ4n) is 4.53. The van der Waals surface area contributed by atoms with Crippen LogP contribution in [0.5, 0.6) is 0 Å². The number of carbonyl (C=O) groups excluding carboxylic acids is 1. The van der Waals surface area contributed by atoms with E-state index in [4.69, 9.17) is 0 Å². The van der Waals surface area contributed by atoms with Crippen LogP contribution in [0.3, 0.4) is 0 Å². The highest BCUT2D eigenvalue weighted by Gasteiger charge is 2.43. The molecule has 3 rings (SSSR count). The van der Waals surface area contributed by atoms with E-state index in [1.165, 1.54) is 44.9 Å². The van der Waals surface area contributed by atoms with Crippen molar-refractivity contribution >= 4 is 5.78 Å². The molecule has 2 heteroatoms. The molecule has 0 spiro atoms. The lowest BCUT2D eigenvalue weighted by molar-refractivity contribution is -0.124. The molecule has 3 atom stereocenters. The van der Waals surface area contributed by atoms with Crippen LogP contribution in [0.25, 0.3) is 0 Å². The zero-order valence-corrected chi connectivity index (χ0v) is 11.0. The lowest BCUT2D eigenvalue weighted by Gasteiger charge is -2.43. The molecule has 2 nitrogen and oxygen atoms in total. The SMILES string of the molecule is CC(C1CCCCC1)N1C2CCC1CC(=O)C2. The molecule has 0 aromatic rings. The van der Waals surface area contributed by atoms with Crippen molar-refractivity contribution in [3.63, 3.8) is 0 Å². The second kappa shape index (κ2) is 4.72. The van der Waals surface area contributed by atoms with Crippen molar-refractivity contribution in [2.24, 2.45) is 5.92 Å². The Morgan fingerprint density at radius 3 is 2.18 bits per heavy atom. The number of hydrogen-bond donors (Lipinski definition) is 0. The smallest absolute Gasteiger partial charge is 0.136 e. The van der Waals surface area contributed by atoms with E-state index >= 15 is 0 Å². The Bertz CT molecular complexity index is 279. The Morgan fingerprint density at radius 1 is 1.00 bits per heavy atom. The molecule has 3 fully saturated rings. The van der Waals surface area contributed by atoms with E-state index in [9.17, 15) is 4.79 Å². The van der Waals surface area contributed by atoms with Crippen molar-refractivity contribution in [1.29, 1.82) is 0 Å². The van der Waals surface area contributed by atoms with E-state index < -0.39 is 0 Å². The molecule has 2 heterocycles. The first-order valence-electron chi connectivity index (χ1n) is 7.55. The maximum atomic E-state index is 11.6. The molecule has 0 N–H and O–H groups in total. The Hall–Kier alpha value is -0.370. The van der Waals surface area contributed by atoms with Crippen LogP contribution in [-0.4, -0.2) is 28.8 Å². The van der Waals surface area contributed by atoms with Crippen LogP contribution in [0.2, 0.25) is 0 Å². The molecule has 3 aliphatic rings. The second-order valence-electron chi connectivity index (χ2n) is 6.42. The van der Waals surface area contributed by atoms with Gasteiger partial charge in [-0.2, -0.15) is 0 Å². The summed E-state index contributed by atoms with van der Waals surface area (Å²) in [4.78, 5) is 14.4. The van der Waals surface area contributed by atoms with Gasteiger partial charge in [-0.3, -0.25) is 9.69 Å². The van der Waals surface area contributed by atoms with Gasteiger partial charge in [-0.15, -0.1) is 0 Å². The molecule has 96 valence electrons. The summed E-state index contributed by atoms with van der Waals surface area (Å²) in [6, 6.07) is 1.91. The molecule has 1 aliphatic carbocycles. The number of ketones is 1. The molecule has 0 radical (unpaired) electrons. The van der Waals surface area contributed by atoms with Gasteiger partial charge in [0.2, 0.25) is 0 Å². The van der Waals surface area contributed by atoms with Crippen LogP contribution >= 0.6 is 0 Å². The van der Waals surface area contributed by atoms with Crippen molar-refractivity contribution < 1.29 is 4.79 Å². The van der Waals surface area contributed by atoms with Gasteiger partial charge >= 0.3 is 0 Å². The van der Waals surface area contributed by atoms with Gasteiger partial charge in [-0.25, -0.2) is 0 Å². The van der Waals surface area contributed by atoms with E-state index in [-0.39, 0.29) is 0 Å². The van der Waals surface area contributed by atoms with Crippen LogP contribution in [0.1, 0.15) is 64.7 Å². The molecular weight excluding hydrogens is 210 g/mol. The minimum absolute atomic E-state index is 0.518. The van der Waals surface area contributed by atoms with Crippen molar-refractivity contribution in [3.8, 4) is 0 Å². The Balaban J connectivity index is 1.69. The number of nitrogens with zero attached hydrogens (tertiary/aromatic N) is 1. The third-order valence-corrected chi connectivity index (χ3v) is 5.41. The minimum Gasteiger partial charge on any atom is -0.300 e. The van der Waals surface area contributed by atoms with Crippen LogP contribution < -0.4 is 0 Å². The zero-order chi connectivity index (χ0) is 11.8. The van der Waals surface area contributed by atoms with Crippen molar-refractivity contribution in [3.05, 3.63) is 0 Å². The maximum Gasteiger partial charge on any atom is 0.136 e. The summed E-state index contributed by atoms with van der Waals surface area (Å²) in [5, 5.41) is 0. The van der Waals surface area contributed by atoms with Crippen LogP contribution in [0.15, 0.2) is 0 Å². The summed E-state index contributed by atoms with van der Waals surface area (Å²) < 4.78 is 0. The number of carbonyl (C=O) groups is 1. The molecule has 0 amide bonds. The van der Waals surface area contributed by atoms with Gasteiger partial charge in [-0.05, 0) is 38.5 Å². The minimum atomic E-state index is 0.518. The van der Waals surface area contributed by atoms with Crippen molar-refractivity contribution in [2.75, 3.05) is 0 Å². The molecule has 3 unspecified atom stereocenters. The third kappa shape index (κ3) is 2.16. The first kappa shape index (κ1) is 11.7. The number of fused-ring (bicyclic) bond motifs is 2. The number of rotatable bonds is 2. The molecule has 2 aliphatic heterocycles. The van der Waals surface area contributed by atoms with Crippen molar-refractivity contribution in [2.45, 2.75) is 82.8 Å². The Morgan fingerprint density at radius 2 is 1.59 bits per heavy atom. The number of hydrogen-bond acceptors (Lipinski definition) is 2. The van der Waals surface area contributed by atoms with E-state index in [0.29, 0.717) is 17.9 Å². The highest BCUT2D eigenvalue weighted by Crippen LogP contribution is 2.39. The highest BCUT2D eigenvalue weighted by molar-refractivity contribution is 5.81. The molecule has 2 saturated heterocycles. The Kier molecular flexibility index (Phi) is 3.25. The molecular formula is C15H25NO. The molecule has 0 aromatic carbocycles. The average molecular weight is 235 g/mol. The van der Waals surface area contributed by atoms with Gasteiger partial charge in [0, 0.05) is 31.0 Å². The van der Waals surface area contributed by atoms with Gasteiger partial charge in [0.05, 0.1) is 0 Å². The lowest BCUT2D eigenvalue weighted by Crippen LogP contribution is -2.50. The van der Waals surface area contributed by atoms with Gasteiger partial charge in [0.15, 0.2) is 0 Å². The summed E-state index contributed by atoms with van der Waals surface area (Å²) in [7, 11) is 0. The normalized spacial score (nSPS) is 37.4. The van der Waals surface area contributed by atoms with Gasteiger partial charge in [0.1, 0.15) is 5.78 Å². The summed E-state index contributed by atoms with van der Waals surface area (Å²) >= 11 is 0. The summed E-state index contributed by atoms with van der Waals surface area (Å²) in [5.41, 5.74) is 0. The fourth-order valence-corrected chi connectivity index (χ4v) is 4.53. The summed E-state index contributed by atoms with van der Waals surface area (Å²) in [5.74, 6) is 1.42. The molecule has 2 bridgehead atoms. The second-order valence-corrected chi connectivity index (χ2v) is 6.42. The Labute approximate surface area is 105 Å². The first-order valence-corrected chi connectivity index (χ1v) is 7.55. The van der Waals surface area contributed by atoms with Crippen LogP contribution in [0, 0.1) is 5.92 Å². The number of piperidine rings is 1. The lowest BCUT2D eigenvalue weighted by atomic mass is 9.82. The largest absolute Gasteiger partial charge is 0.300 e. The van der Waals surface area contributed by atoms with E-state index in [0.717, 1.165) is 24.8 Å². The van der Waals surface area contributed by atoms with Crippen LogP contribution in [-0.2, 0) is 4.79 Å². The van der Waals surface area contributed by atoms with Gasteiger partial charge in [0.25, 0.3) is 0 Å². The van der Waals surface area contributed by atoms with Gasteiger partial charge < -0.3 is 0 Å². The van der Waals surface area contributed by atoms with E-state index in [1.807, 2.05) is 0 Å². The zero-order valence-electron chi connectivity index (χ0n) is 11.0. The van der Waals surface area contributed by atoms with Gasteiger partial charge in [-0.1, -0.05) is 19.3 Å². The summed E-state index contributed by atoms with van der Waals surface area (Å²) in [6.07, 6.45) is 11.4. The highest BCUT2D eigenvalue weighted by atomic mass is 16.1. The monoisotopic (exact) mass is 235 g/mol. The molecule has 0 aromatic heterocycles. The van der Waals surface area contributed by atoms with E-state index in [2.05, 4.69) is 11.8 Å². The number of Topliss-reactive ketones (excluding diaryl/α,β-unsaturated/α-hetero) is 1. The quantitative estimate of drug-likeness (QED) is 0.733. The topological polar surface area (TPSA) is 20.3 Å². The predicted octanol–water partition coefficient (Wildman–Crippen LogP) is 3.15. The third-order valence-electron chi connectivity index (χ3n) is 5.41.